The Morgan fingerprint density at radius 1 is 1.33 bits per heavy atom. The van der Waals surface area contributed by atoms with Crippen molar-refractivity contribution in [3.05, 3.63) is 35.2 Å². The van der Waals surface area contributed by atoms with Crippen LogP contribution in [0.15, 0.2) is 29.6 Å². The molecule has 0 fully saturated rings. The van der Waals surface area contributed by atoms with Crippen molar-refractivity contribution in [3.63, 3.8) is 0 Å². The summed E-state index contributed by atoms with van der Waals surface area (Å²) in [4.78, 5) is 16.5. The molecule has 5 heteroatoms. The molecule has 1 N–H and O–H groups in total. The predicted octanol–water partition coefficient (Wildman–Crippen LogP) is 4.58. The Balaban J connectivity index is 2.12. The minimum Gasteiger partial charge on any atom is -0.301 e. The SMILES string of the molecule is CCc1ccc(-c2csc(NC(=O)C(C)(C)CCl)n2)cc1. The summed E-state index contributed by atoms with van der Waals surface area (Å²) in [5.74, 6) is 0.162. The highest BCUT2D eigenvalue weighted by atomic mass is 35.5. The average Bonchev–Trinajstić information content (AvgIpc) is 2.95. The summed E-state index contributed by atoms with van der Waals surface area (Å²) in [5.41, 5.74) is 2.63. The largest absolute Gasteiger partial charge is 0.301 e. The number of hydrogen-bond donors (Lipinski definition) is 1. The molecule has 1 heterocycles. The van der Waals surface area contributed by atoms with E-state index in [1.807, 2.05) is 19.2 Å². The van der Waals surface area contributed by atoms with Gasteiger partial charge in [-0.3, -0.25) is 4.79 Å². The molecule has 0 aliphatic heterocycles. The zero-order chi connectivity index (χ0) is 15.5. The minimum absolute atomic E-state index is 0.111. The van der Waals surface area contributed by atoms with Crippen molar-refractivity contribution >= 4 is 34.0 Å². The fraction of sp³-hybridized carbons (Fsp3) is 0.375. The second-order valence-corrected chi connectivity index (χ2v) is 6.69. The lowest BCUT2D eigenvalue weighted by molar-refractivity contribution is -0.122. The van der Waals surface area contributed by atoms with Crippen molar-refractivity contribution in [2.24, 2.45) is 5.41 Å². The number of halogens is 1. The molecule has 1 aromatic carbocycles. The molecule has 0 saturated carbocycles. The molecule has 1 amide bonds. The fourth-order valence-corrected chi connectivity index (χ4v) is 2.54. The molecule has 0 saturated heterocycles. The van der Waals surface area contributed by atoms with Crippen LogP contribution in [0.1, 0.15) is 26.3 Å². The first-order chi connectivity index (χ1) is 9.96. The first-order valence-electron chi connectivity index (χ1n) is 6.88. The van der Waals surface area contributed by atoms with Crippen LogP contribution in [0.4, 0.5) is 5.13 Å². The van der Waals surface area contributed by atoms with Gasteiger partial charge in [-0.05, 0) is 25.8 Å². The van der Waals surface area contributed by atoms with Crippen LogP contribution in [-0.4, -0.2) is 16.8 Å². The maximum atomic E-state index is 12.1. The van der Waals surface area contributed by atoms with Crippen LogP contribution >= 0.6 is 22.9 Å². The molecule has 0 aliphatic rings. The lowest BCUT2D eigenvalue weighted by atomic mass is 9.95. The van der Waals surface area contributed by atoms with Crippen LogP contribution in [0, 0.1) is 5.41 Å². The van der Waals surface area contributed by atoms with E-state index in [1.165, 1.54) is 16.9 Å². The van der Waals surface area contributed by atoms with Gasteiger partial charge in [0.2, 0.25) is 5.91 Å². The van der Waals surface area contributed by atoms with Crippen LogP contribution < -0.4 is 5.32 Å². The van der Waals surface area contributed by atoms with Crippen molar-refractivity contribution in [1.82, 2.24) is 4.98 Å². The van der Waals surface area contributed by atoms with Gasteiger partial charge in [-0.1, -0.05) is 31.2 Å². The van der Waals surface area contributed by atoms with E-state index in [4.69, 9.17) is 11.6 Å². The number of alkyl halides is 1. The number of amides is 1. The summed E-state index contributed by atoms with van der Waals surface area (Å²) in [6.45, 7) is 5.75. The molecule has 1 aromatic heterocycles. The quantitative estimate of drug-likeness (QED) is 0.819. The standard InChI is InChI=1S/C16H19ClN2OS/c1-4-11-5-7-12(8-6-11)13-9-21-15(18-13)19-14(20)16(2,3)10-17/h5-9H,4,10H2,1-3H3,(H,18,19,20). The van der Waals surface area contributed by atoms with Gasteiger partial charge in [0.15, 0.2) is 5.13 Å². The van der Waals surface area contributed by atoms with E-state index in [0.717, 1.165) is 17.7 Å². The topological polar surface area (TPSA) is 42.0 Å². The molecule has 2 rings (SSSR count). The van der Waals surface area contributed by atoms with E-state index in [-0.39, 0.29) is 11.8 Å². The third-order valence-corrected chi connectivity index (χ3v) is 4.76. The molecule has 0 radical (unpaired) electrons. The second-order valence-electron chi connectivity index (χ2n) is 5.56. The van der Waals surface area contributed by atoms with Crippen LogP contribution in [-0.2, 0) is 11.2 Å². The summed E-state index contributed by atoms with van der Waals surface area (Å²) in [5, 5.41) is 5.38. The number of nitrogens with one attached hydrogen (secondary N) is 1. The van der Waals surface area contributed by atoms with Crippen molar-refractivity contribution in [1.29, 1.82) is 0 Å². The number of hydrogen-bond acceptors (Lipinski definition) is 3. The number of aromatic nitrogens is 1. The monoisotopic (exact) mass is 322 g/mol. The first-order valence-corrected chi connectivity index (χ1v) is 8.30. The molecule has 0 atom stereocenters. The van der Waals surface area contributed by atoms with E-state index < -0.39 is 5.41 Å². The van der Waals surface area contributed by atoms with Crippen LogP contribution in [0.2, 0.25) is 0 Å². The highest BCUT2D eigenvalue weighted by Crippen LogP contribution is 2.27. The number of carbonyl (C=O) groups excluding carboxylic acids is 1. The minimum atomic E-state index is -0.601. The average molecular weight is 323 g/mol. The molecule has 2 aromatic rings. The van der Waals surface area contributed by atoms with Crippen molar-refractivity contribution in [3.8, 4) is 11.3 Å². The van der Waals surface area contributed by atoms with Crippen molar-refractivity contribution in [2.75, 3.05) is 11.2 Å². The lowest BCUT2D eigenvalue weighted by Crippen LogP contribution is -2.32. The summed E-state index contributed by atoms with van der Waals surface area (Å²) >= 11 is 7.23. The summed E-state index contributed by atoms with van der Waals surface area (Å²) in [6, 6.07) is 8.32. The molecular formula is C16H19ClN2OS. The summed E-state index contributed by atoms with van der Waals surface area (Å²) < 4.78 is 0. The maximum absolute atomic E-state index is 12.1. The molecule has 0 unspecified atom stereocenters. The number of aryl methyl sites for hydroxylation is 1. The van der Waals surface area contributed by atoms with E-state index >= 15 is 0 Å². The number of benzene rings is 1. The van der Waals surface area contributed by atoms with Gasteiger partial charge in [-0.15, -0.1) is 22.9 Å². The molecule has 112 valence electrons. The van der Waals surface area contributed by atoms with Gasteiger partial charge in [0, 0.05) is 16.8 Å². The highest BCUT2D eigenvalue weighted by molar-refractivity contribution is 7.14. The van der Waals surface area contributed by atoms with Crippen LogP contribution in [0.25, 0.3) is 11.3 Å². The number of nitrogens with zero attached hydrogens (tertiary/aromatic N) is 1. The Hall–Kier alpha value is -1.39. The van der Waals surface area contributed by atoms with Crippen LogP contribution in [0.5, 0.6) is 0 Å². The van der Waals surface area contributed by atoms with E-state index in [2.05, 4.69) is 41.5 Å². The van der Waals surface area contributed by atoms with Gasteiger partial charge < -0.3 is 5.32 Å². The smallest absolute Gasteiger partial charge is 0.233 e. The molecule has 0 spiro atoms. The van der Waals surface area contributed by atoms with Gasteiger partial charge in [-0.2, -0.15) is 0 Å². The summed E-state index contributed by atoms with van der Waals surface area (Å²) in [7, 11) is 0. The Kier molecular flexibility index (Phi) is 5.01. The van der Waals surface area contributed by atoms with Crippen LogP contribution in [0.3, 0.4) is 0 Å². The zero-order valence-electron chi connectivity index (χ0n) is 12.4. The number of rotatable bonds is 5. The summed E-state index contributed by atoms with van der Waals surface area (Å²) in [6.07, 6.45) is 1.02. The van der Waals surface area contributed by atoms with E-state index in [0.29, 0.717) is 5.13 Å². The Bertz CT molecular complexity index is 619. The normalized spacial score (nSPS) is 11.4. The van der Waals surface area contributed by atoms with Gasteiger partial charge >= 0.3 is 0 Å². The Morgan fingerprint density at radius 2 is 2.00 bits per heavy atom. The van der Waals surface area contributed by atoms with Gasteiger partial charge in [0.1, 0.15) is 0 Å². The molecule has 21 heavy (non-hydrogen) atoms. The fourth-order valence-electron chi connectivity index (χ4n) is 1.70. The molecule has 3 nitrogen and oxygen atoms in total. The Morgan fingerprint density at radius 3 is 2.57 bits per heavy atom. The zero-order valence-corrected chi connectivity index (χ0v) is 14.0. The van der Waals surface area contributed by atoms with Gasteiger partial charge in [0.05, 0.1) is 11.1 Å². The molecular weight excluding hydrogens is 304 g/mol. The Labute approximate surface area is 134 Å². The lowest BCUT2D eigenvalue weighted by Gasteiger charge is -2.18. The molecule has 0 aliphatic carbocycles. The van der Waals surface area contributed by atoms with Crippen molar-refractivity contribution < 1.29 is 4.79 Å². The molecule has 0 bridgehead atoms. The third kappa shape index (κ3) is 3.83. The maximum Gasteiger partial charge on any atom is 0.233 e. The number of anilines is 1. The first kappa shape index (κ1) is 16.0. The van der Waals surface area contributed by atoms with E-state index in [9.17, 15) is 4.79 Å². The highest BCUT2D eigenvalue weighted by Gasteiger charge is 2.27. The second kappa shape index (κ2) is 6.58. The van der Waals surface area contributed by atoms with Crippen molar-refractivity contribution in [2.45, 2.75) is 27.2 Å². The third-order valence-electron chi connectivity index (χ3n) is 3.33. The predicted molar refractivity (Wildman–Crippen MR) is 90.1 cm³/mol. The number of thiazole rings is 1. The van der Waals surface area contributed by atoms with E-state index in [1.54, 1.807) is 0 Å². The van der Waals surface area contributed by atoms with Gasteiger partial charge in [0.25, 0.3) is 0 Å². The van der Waals surface area contributed by atoms with Gasteiger partial charge in [-0.25, -0.2) is 4.98 Å². The number of carbonyl (C=O) groups is 1.